The highest BCUT2D eigenvalue weighted by molar-refractivity contribution is 6.00. The second kappa shape index (κ2) is 10.1. The fourth-order valence-corrected chi connectivity index (χ4v) is 3.85. The highest BCUT2D eigenvalue weighted by Gasteiger charge is 2.30. The Kier molecular flexibility index (Phi) is 7.57. The van der Waals surface area contributed by atoms with Gasteiger partial charge < -0.3 is 34.3 Å². The predicted molar refractivity (Wildman–Crippen MR) is 109 cm³/mol. The lowest BCUT2D eigenvalue weighted by Gasteiger charge is -2.37. The first kappa shape index (κ1) is 21.7. The minimum Gasteiger partial charge on any atom is -0.493 e. The van der Waals surface area contributed by atoms with Gasteiger partial charge in [-0.2, -0.15) is 0 Å². The lowest BCUT2D eigenvalue weighted by Crippen LogP contribution is -2.43. The Bertz CT molecular complexity index is 692. The van der Waals surface area contributed by atoms with Crippen LogP contribution in [0.1, 0.15) is 42.5 Å². The van der Waals surface area contributed by atoms with Crippen LogP contribution in [0.15, 0.2) is 12.1 Å². The van der Waals surface area contributed by atoms with Crippen LogP contribution in [0, 0.1) is 5.92 Å². The molecule has 162 valence electrons. The van der Waals surface area contributed by atoms with Gasteiger partial charge in [0.05, 0.1) is 25.5 Å². The summed E-state index contributed by atoms with van der Waals surface area (Å²) in [6.45, 7) is 1.20. The molecule has 1 aromatic rings. The van der Waals surface area contributed by atoms with E-state index in [4.69, 9.17) is 18.9 Å². The number of aliphatic hydroxyl groups excluding tert-OH is 1. The number of anilines is 1. The summed E-state index contributed by atoms with van der Waals surface area (Å²) in [5.41, 5.74) is 1.17. The Morgan fingerprint density at radius 2 is 1.97 bits per heavy atom. The molecule has 1 fully saturated rings. The van der Waals surface area contributed by atoms with Crippen molar-refractivity contribution in [2.45, 2.75) is 44.6 Å². The first-order valence-corrected chi connectivity index (χ1v) is 10.2. The molecule has 0 spiro atoms. The Hall–Kier alpha value is -2.03. The van der Waals surface area contributed by atoms with Crippen LogP contribution in [0.2, 0.25) is 0 Å². The van der Waals surface area contributed by atoms with Gasteiger partial charge in [0.25, 0.3) is 5.91 Å². The predicted octanol–water partition coefficient (Wildman–Crippen LogP) is 2.14. The Morgan fingerprint density at radius 1 is 1.21 bits per heavy atom. The van der Waals surface area contributed by atoms with Crippen LogP contribution in [0.25, 0.3) is 0 Å². The molecule has 1 aromatic carbocycles. The number of nitrogens with zero attached hydrogens (tertiary/aromatic N) is 1. The van der Waals surface area contributed by atoms with Crippen molar-refractivity contribution in [1.29, 1.82) is 0 Å². The molecule has 8 heteroatoms. The van der Waals surface area contributed by atoms with Gasteiger partial charge in [-0.25, -0.2) is 0 Å². The lowest BCUT2D eigenvalue weighted by molar-refractivity contribution is -0.191. The van der Waals surface area contributed by atoms with Crippen molar-refractivity contribution in [1.82, 2.24) is 5.32 Å². The number of carbonyl (C=O) groups excluding carboxylic acids is 1. The van der Waals surface area contributed by atoms with E-state index in [0.29, 0.717) is 48.7 Å². The molecule has 3 unspecified atom stereocenters. The van der Waals surface area contributed by atoms with Gasteiger partial charge in [0.2, 0.25) is 0 Å². The largest absolute Gasteiger partial charge is 0.493 e. The number of hydrogen-bond donors (Lipinski definition) is 2. The van der Waals surface area contributed by atoms with E-state index in [1.165, 1.54) is 0 Å². The smallest absolute Gasteiger partial charge is 0.253 e. The van der Waals surface area contributed by atoms with Crippen LogP contribution < -0.4 is 19.7 Å². The molecule has 8 nitrogen and oxygen atoms in total. The zero-order chi connectivity index (χ0) is 20.8. The lowest BCUT2D eigenvalue weighted by atomic mass is 9.99. The van der Waals surface area contributed by atoms with Crippen LogP contribution >= 0.6 is 0 Å². The maximum atomic E-state index is 12.9. The van der Waals surface area contributed by atoms with Crippen molar-refractivity contribution in [2.75, 3.05) is 45.9 Å². The van der Waals surface area contributed by atoms with Gasteiger partial charge in [-0.1, -0.05) is 0 Å². The van der Waals surface area contributed by atoms with Crippen LogP contribution in [0.5, 0.6) is 11.5 Å². The highest BCUT2D eigenvalue weighted by Crippen LogP contribution is 2.37. The van der Waals surface area contributed by atoms with Crippen LogP contribution in [0.3, 0.4) is 0 Å². The van der Waals surface area contributed by atoms with E-state index in [1.54, 1.807) is 26.4 Å². The third-order valence-electron chi connectivity index (χ3n) is 5.64. The Labute approximate surface area is 172 Å². The van der Waals surface area contributed by atoms with Gasteiger partial charge in [0.1, 0.15) is 6.23 Å². The van der Waals surface area contributed by atoms with Crippen molar-refractivity contribution in [3.8, 4) is 11.5 Å². The zero-order valence-corrected chi connectivity index (χ0v) is 17.5. The number of aliphatic hydroxyl groups is 1. The molecular weight excluding hydrogens is 376 g/mol. The maximum absolute atomic E-state index is 12.9. The SMILES string of the molecule is COc1cc2c(cc1OC)N(C)C(OC1CCCCO1)CC(CO)CCNC2=O. The van der Waals surface area contributed by atoms with E-state index in [1.807, 2.05) is 11.9 Å². The third-order valence-corrected chi connectivity index (χ3v) is 5.64. The Morgan fingerprint density at radius 3 is 2.62 bits per heavy atom. The molecule has 0 saturated carbocycles. The van der Waals surface area contributed by atoms with Gasteiger partial charge in [-0.3, -0.25) is 4.79 Å². The number of methoxy groups -OCH3 is 2. The summed E-state index contributed by atoms with van der Waals surface area (Å²) >= 11 is 0. The zero-order valence-electron chi connectivity index (χ0n) is 17.5. The van der Waals surface area contributed by atoms with Crippen molar-refractivity contribution in [3.05, 3.63) is 17.7 Å². The molecule has 0 aliphatic carbocycles. The summed E-state index contributed by atoms with van der Waals surface area (Å²) in [4.78, 5) is 14.8. The molecule has 3 atom stereocenters. The molecule has 1 amide bonds. The third kappa shape index (κ3) is 5.12. The molecule has 0 radical (unpaired) electrons. The fourth-order valence-electron chi connectivity index (χ4n) is 3.85. The molecule has 2 N–H and O–H groups in total. The van der Waals surface area contributed by atoms with Crippen molar-refractivity contribution >= 4 is 11.6 Å². The van der Waals surface area contributed by atoms with E-state index in [2.05, 4.69) is 5.32 Å². The van der Waals surface area contributed by atoms with Crippen LogP contribution in [-0.4, -0.2) is 64.6 Å². The Balaban J connectivity index is 1.98. The normalized spacial score (nSPS) is 25.7. The minimum atomic E-state index is -0.349. The van der Waals surface area contributed by atoms with Gasteiger partial charge >= 0.3 is 0 Å². The fraction of sp³-hybridized carbons (Fsp3) is 0.667. The second-order valence-electron chi connectivity index (χ2n) is 7.55. The summed E-state index contributed by atoms with van der Waals surface area (Å²) in [6.07, 6.45) is 3.61. The maximum Gasteiger partial charge on any atom is 0.253 e. The minimum absolute atomic E-state index is 0.00744. The highest BCUT2D eigenvalue weighted by atomic mass is 16.7. The van der Waals surface area contributed by atoms with Crippen LogP contribution in [-0.2, 0) is 9.47 Å². The van der Waals surface area contributed by atoms with Crippen LogP contribution in [0.4, 0.5) is 5.69 Å². The number of benzene rings is 1. The number of ether oxygens (including phenoxy) is 4. The summed E-state index contributed by atoms with van der Waals surface area (Å²) in [5, 5.41) is 12.8. The number of nitrogens with one attached hydrogen (secondary N) is 1. The summed E-state index contributed by atoms with van der Waals surface area (Å²) in [5.74, 6) is 0.842. The molecular formula is C21H32N2O6. The molecule has 2 aliphatic heterocycles. The average Bonchev–Trinajstić information content (AvgIpc) is 2.76. The molecule has 0 aromatic heterocycles. The van der Waals surface area contributed by atoms with E-state index in [0.717, 1.165) is 19.3 Å². The summed E-state index contributed by atoms with van der Waals surface area (Å²) in [6, 6.07) is 3.49. The van der Waals surface area contributed by atoms with E-state index in [-0.39, 0.29) is 30.9 Å². The molecule has 2 aliphatic rings. The quantitative estimate of drug-likeness (QED) is 0.772. The molecule has 1 saturated heterocycles. The van der Waals surface area contributed by atoms with Crippen molar-refractivity contribution in [2.24, 2.45) is 5.92 Å². The number of amides is 1. The van der Waals surface area contributed by atoms with Crippen molar-refractivity contribution < 1.29 is 28.8 Å². The van der Waals surface area contributed by atoms with Crippen molar-refractivity contribution in [3.63, 3.8) is 0 Å². The van der Waals surface area contributed by atoms with Gasteiger partial charge in [-0.05, 0) is 44.1 Å². The molecule has 2 heterocycles. The molecule has 3 rings (SSSR count). The first-order chi connectivity index (χ1) is 14.1. The molecule has 29 heavy (non-hydrogen) atoms. The van der Waals surface area contributed by atoms with E-state index in [9.17, 15) is 9.90 Å². The number of fused-ring (bicyclic) bond motifs is 1. The number of carbonyl (C=O) groups is 1. The van der Waals surface area contributed by atoms with Gasteiger partial charge in [0.15, 0.2) is 17.8 Å². The second-order valence-corrected chi connectivity index (χ2v) is 7.55. The average molecular weight is 408 g/mol. The van der Waals surface area contributed by atoms with Gasteiger partial charge in [-0.15, -0.1) is 0 Å². The first-order valence-electron chi connectivity index (χ1n) is 10.2. The summed E-state index contributed by atoms with van der Waals surface area (Å²) < 4.78 is 22.9. The standard InChI is InChI=1S/C21H32N2O6/c1-23-16-12-18(27-3)17(26-2)11-15(16)21(25)22-8-7-14(13-24)10-19(23)29-20-6-4-5-9-28-20/h11-12,14,19-20,24H,4-10,13H2,1-3H3,(H,22,25). The topological polar surface area (TPSA) is 89.5 Å². The monoisotopic (exact) mass is 408 g/mol. The number of rotatable bonds is 5. The van der Waals surface area contributed by atoms with E-state index >= 15 is 0 Å². The number of hydrogen-bond acceptors (Lipinski definition) is 7. The van der Waals surface area contributed by atoms with E-state index < -0.39 is 0 Å². The van der Waals surface area contributed by atoms with Gasteiger partial charge in [0, 0.05) is 32.9 Å². The molecule has 0 bridgehead atoms. The summed E-state index contributed by atoms with van der Waals surface area (Å²) in [7, 11) is 5.00.